The van der Waals surface area contributed by atoms with Crippen molar-refractivity contribution in [2.45, 2.75) is 11.4 Å². The molecule has 3 aromatic carbocycles. The Morgan fingerprint density at radius 1 is 1.09 bits per heavy atom. The van der Waals surface area contributed by atoms with Gasteiger partial charge in [-0.05, 0) is 48.5 Å². The highest BCUT2D eigenvalue weighted by molar-refractivity contribution is 7.92. The predicted octanol–water partition coefficient (Wildman–Crippen LogP) is 4.56. The first-order chi connectivity index (χ1) is 15.8. The van der Waals surface area contributed by atoms with Crippen molar-refractivity contribution in [3.8, 4) is 12.3 Å². The van der Waals surface area contributed by atoms with Gasteiger partial charge >= 0.3 is 0 Å². The number of hydrogen-bond donors (Lipinski definition) is 0. The predicted molar refractivity (Wildman–Crippen MR) is 132 cm³/mol. The third-order valence-electron chi connectivity index (χ3n) is 4.98. The number of amides is 1. The van der Waals surface area contributed by atoms with Crippen LogP contribution >= 0.6 is 22.9 Å². The highest BCUT2D eigenvalue weighted by atomic mass is 35.5. The van der Waals surface area contributed by atoms with E-state index in [-0.39, 0.29) is 17.0 Å². The molecule has 0 aliphatic rings. The van der Waals surface area contributed by atoms with E-state index in [2.05, 4.69) is 10.9 Å². The molecule has 1 amide bonds. The van der Waals surface area contributed by atoms with E-state index in [0.29, 0.717) is 15.5 Å². The molecular weight excluding hydrogens is 478 g/mol. The molecule has 0 bridgehead atoms. The van der Waals surface area contributed by atoms with Crippen LogP contribution in [0.25, 0.3) is 10.2 Å². The number of aromatic nitrogens is 1. The molecule has 4 rings (SSSR count). The molecule has 0 aliphatic carbocycles. The lowest BCUT2D eigenvalue weighted by atomic mass is 10.2. The summed E-state index contributed by atoms with van der Waals surface area (Å²) in [7, 11) is -2.29. The summed E-state index contributed by atoms with van der Waals surface area (Å²) in [6.07, 6.45) is 5.50. The zero-order chi connectivity index (χ0) is 23.6. The second-order valence-corrected chi connectivity index (χ2v) is 10.4. The Kier molecular flexibility index (Phi) is 6.38. The van der Waals surface area contributed by atoms with Crippen LogP contribution in [-0.4, -0.2) is 25.9 Å². The lowest BCUT2D eigenvalue weighted by molar-refractivity contribution is 0.0998. The van der Waals surface area contributed by atoms with Crippen molar-refractivity contribution in [1.29, 1.82) is 0 Å². The second-order valence-electron chi connectivity index (χ2n) is 7.01. The number of rotatable bonds is 5. The number of halogens is 1. The maximum atomic E-state index is 12.9. The summed E-state index contributed by atoms with van der Waals surface area (Å²) < 4.78 is 29.6. The number of thiazole rings is 1. The molecule has 0 saturated carbocycles. The third kappa shape index (κ3) is 4.44. The van der Waals surface area contributed by atoms with Crippen LogP contribution in [-0.2, 0) is 16.6 Å². The molecule has 0 radical (unpaired) electrons. The zero-order valence-corrected chi connectivity index (χ0v) is 19.9. The molecule has 1 heterocycles. The summed E-state index contributed by atoms with van der Waals surface area (Å²) in [5.41, 5.74) is 1.51. The van der Waals surface area contributed by atoms with E-state index in [1.165, 1.54) is 47.0 Å². The Balaban J connectivity index is 1.68. The first-order valence-corrected chi connectivity index (χ1v) is 12.4. The van der Waals surface area contributed by atoms with Gasteiger partial charge in [-0.15, -0.1) is 6.42 Å². The van der Waals surface area contributed by atoms with Crippen LogP contribution < -0.4 is 9.11 Å². The van der Waals surface area contributed by atoms with Crippen molar-refractivity contribution < 1.29 is 13.2 Å². The van der Waals surface area contributed by atoms with Crippen LogP contribution in [0.5, 0.6) is 0 Å². The number of para-hydroxylation sites is 2. The van der Waals surface area contributed by atoms with Crippen LogP contribution in [0, 0.1) is 12.3 Å². The lowest BCUT2D eigenvalue weighted by Crippen LogP contribution is -2.26. The summed E-state index contributed by atoms with van der Waals surface area (Å²) in [6, 6.07) is 19.9. The topological polar surface area (TPSA) is 71.7 Å². The monoisotopic (exact) mass is 495 g/mol. The minimum absolute atomic E-state index is 0.0708. The Hall–Kier alpha value is -3.38. The van der Waals surface area contributed by atoms with Crippen molar-refractivity contribution in [2.75, 3.05) is 11.4 Å². The number of benzene rings is 3. The van der Waals surface area contributed by atoms with Gasteiger partial charge in [-0.2, -0.15) is 4.99 Å². The van der Waals surface area contributed by atoms with Gasteiger partial charge in [-0.3, -0.25) is 9.10 Å². The standard InChI is InChI=1S/C24H18ClN3O3S2/c1-3-16-28-22-20(25)10-7-11-21(22)32-24(28)26-23(29)17-12-14-19(15-13-17)33(30,31)27(2)18-8-5-4-6-9-18/h1,4-15H,16H2,2H3. The minimum atomic E-state index is -3.78. The third-order valence-corrected chi connectivity index (χ3v) is 8.13. The van der Waals surface area contributed by atoms with Gasteiger partial charge in [-0.1, -0.05) is 53.1 Å². The van der Waals surface area contributed by atoms with Gasteiger partial charge in [0.05, 0.1) is 32.4 Å². The number of hydrogen-bond acceptors (Lipinski definition) is 4. The van der Waals surface area contributed by atoms with E-state index in [9.17, 15) is 13.2 Å². The Bertz CT molecular complexity index is 1550. The summed E-state index contributed by atoms with van der Waals surface area (Å²) in [4.78, 5) is 17.5. The number of fused-ring (bicyclic) bond motifs is 1. The largest absolute Gasteiger partial charge is 0.303 e. The lowest BCUT2D eigenvalue weighted by Gasteiger charge is -2.19. The molecule has 166 valence electrons. The van der Waals surface area contributed by atoms with Crippen molar-refractivity contribution in [3.63, 3.8) is 0 Å². The zero-order valence-electron chi connectivity index (χ0n) is 17.5. The van der Waals surface area contributed by atoms with Crippen LogP contribution in [0.3, 0.4) is 0 Å². The van der Waals surface area contributed by atoms with E-state index in [4.69, 9.17) is 18.0 Å². The number of terminal acetylenes is 1. The number of anilines is 1. The van der Waals surface area contributed by atoms with Crippen LogP contribution in [0.1, 0.15) is 10.4 Å². The molecule has 0 aliphatic heterocycles. The molecule has 0 unspecified atom stereocenters. The molecule has 4 aromatic rings. The van der Waals surface area contributed by atoms with E-state index in [0.717, 1.165) is 10.2 Å². The Morgan fingerprint density at radius 3 is 2.45 bits per heavy atom. The highest BCUT2D eigenvalue weighted by Crippen LogP contribution is 2.25. The molecule has 0 saturated heterocycles. The number of carbonyl (C=O) groups excluding carboxylic acids is 1. The van der Waals surface area contributed by atoms with Crippen molar-refractivity contribution in [1.82, 2.24) is 4.57 Å². The number of carbonyl (C=O) groups is 1. The summed E-state index contributed by atoms with van der Waals surface area (Å²) in [6.45, 7) is 0.207. The molecule has 6 nitrogen and oxygen atoms in total. The van der Waals surface area contributed by atoms with E-state index in [1.54, 1.807) is 34.9 Å². The maximum absolute atomic E-state index is 12.9. The van der Waals surface area contributed by atoms with Gasteiger partial charge in [0.15, 0.2) is 4.80 Å². The average Bonchev–Trinajstić information content (AvgIpc) is 3.17. The first-order valence-electron chi connectivity index (χ1n) is 9.77. The smallest absolute Gasteiger partial charge is 0.279 e. The summed E-state index contributed by atoms with van der Waals surface area (Å²) >= 11 is 7.63. The maximum Gasteiger partial charge on any atom is 0.279 e. The quantitative estimate of drug-likeness (QED) is 0.381. The molecule has 0 N–H and O–H groups in total. The molecule has 0 spiro atoms. The van der Waals surface area contributed by atoms with E-state index >= 15 is 0 Å². The van der Waals surface area contributed by atoms with Crippen molar-refractivity contribution in [3.05, 3.63) is 88.2 Å². The van der Waals surface area contributed by atoms with E-state index < -0.39 is 15.9 Å². The second kappa shape index (κ2) is 9.24. The van der Waals surface area contributed by atoms with Crippen molar-refractivity contribution in [2.24, 2.45) is 4.99 Å². The van der Waals surface area contributed by atoms with Gasteiger partial charge < -0.3 is 4.57 Å². The molecule has 1 aromatic heterocycles. The molecule has 0 atom stereocenters. The number of sulfonamides is 1. The Labute approximate surface area is 200 Å². The molecule has 33 heavy (non-hydrogen) atoms. The van der Waals surface area contributed by atoms with Crippen molar-refractivity contribution >= 4 is 54.8 Å². The van der Waals surface area contributed by atoms with Gasteiger partial charge in [0.25, 0.3) is 15.9 Å². The normalized spacial score (nSPS) is 12.0. The fourth-order valence-electron chi connectivity index (χ4n) is 3.27. The van der Waals surface area contributed by atoms with Crippen LogP contribution in [0.15, 0.2) is 82.7 Å². The van der Waals surface area contributed by atoms with Gasteiger partial charge in [0.2, 0.25) is 0 Å². The fraction of sp³-hybridized carbons (Fsp3) is 0.0833. The fourth-order valence-corrected chi connectivity index (χ4v) is 5.85. The molecular formula is C24H18ClN3O3S2. The van der Waals surface area contributed by atoms with Crippen LogP contribution in [0.4, 0.5) is 5.69 Å². The molecule has 0 fully saturated rings. The van der Waals surface area contributed by atoms with Gasteiger partial charge in [-0.25, -0.2) is 8.42 Å². The summed E-state index contributed by atoms with van der Waals surface area (Å²) in [5.74, 6) is 2.05. The first kappa shape index (κ1) is 22.8. The molecule has 9 heteroatoms. The Morgan fingerprint density at radius 2 is 1.79 bits per heavy atom. The SMILES string of the molecule is C#CCn1c(=NC(=O)c2ccc(S(=O)(=O)N(C)c3ccccc3)cc2)sc2cccc(Cl)c21. The highest BCUT2D eigenvalue weighted by Gasteiger charge is 2.21. The van der Waals surface area contributed by atoms with Gasteiger partial charge in [0.1, 0.15) is 0 Å². The van der Waals surface area contributed by atoms with Crippen LogP contribution in [0.2, 0.25) is 5.02 Å². The number of nitrogens with zero attached hydrogens (tertiary/aromatic N) is 3. The average molecular weight is 496 g/mol. The summed E-state index contributed by atoms with van der Waals surface area (Å²) in [5, 5.41) is 0.519. The minimum Gasteiger partial charge on any atom is -0.303 e. The van der Waals surface area contributed by atoms with E-state index in [1.807, 2.05) is 18.2 Å². The van der Waals surface area contributed by atoms with Gasteiger partial charge in [0, 0.05) is 12.6 Å².